The Kier molecular flexibility index (Phi) is 2.81. The molecule has 2 heterocycles. The van der Waals surface area contributed by atoms with Crippen LogP contribution in [0.1, 0.15) is 27.3 Å². The van der Waals surface area contributed by atoms with Crippen LogP contribution in [-0.2, 0) is 13.0 Å². The normalized spacial score (nSPS) is 14.3. The third-order valence-corrected chi connectivity index (χ3v) is 3.49. The van der Waals surface area contributed by atoms with Crippen molar-refractivity contribution in [2.24, 2.45) is 0 Å². The van der Waals surface area contributed by atoms with Crippen LogP contribution in [0.5, 0.6) is 0 Å². The number of hydrogen-bond donors (Lipinski definition) is 1. The number of rotatable bonds is 1. The van der Waals surface area contributed by atoms with Crippen molar-refractivity contribution >= 4 is 5.91 Å². The summed E-state index contributed by atoms with van der Waals surface area (Å²) in [5.41, 5.74) is 3.21. The van der Waals surface area contributed by atoms with Crippen molar-refractivity contribution in [2.75, 3.05) is 6.54 Å². The van der Waals surface area contributed by atoms with Crippen LogP contribution < -0.4 is 0 Å². The number of hydrogen-bond acceptors (Lipinski definition) is 2. The van der Waals surface area contributed by atoms with E-state index in [-0.39, 0.29) is 11.7 Å². The van der Waals surface area contributed by atoms with Gasteiger partial charge >= 0.3 is 0 Å². The summed E-state index contributed by atoms with van der Waals surface area (Å²) < 4.78 is 13.3. The Morgan fingerprint density at radius 3 is 3.16 bits per heavy atom. The van der Waals surface area contributed by atoms with Gasteiger partial charge in [0.1, 0.15) is 5.82 Å². The van der Waals surface area contributed by atoms with Crippen molar-refractivity contribution in [1.29, 1.82) is 0 Å². The average Bonchev–Trinajstić information content (AvgIpc) is 2.88. The fourth-order valence-corrected chi connectivity index (χ4v) is 2.38. The standard InChI is InChI=1S/C14H14FN3O/c1-9-2-3-10(15)6-11(9)14(19)18-5-4-12-13(7-18)17-8-16-12/h2-3,6,8H,4-5,7H2,1H3,(H,16,17). The van der Waals surface area contributed by atoms with E-state index in [0.717, 1.165) is 23.4 Å². The maximum Gasteiger partial charge on any atom is 0.254 e. The quantitative estimate of drug-likeness (QED) is 0.852. The zero-order valence-corrected chi connectivity index (χ0v) is 10.6. The van der Waals surface area contributed by atoms with Gasteiger partial charge in [0.05, 0.1) is 24.3 Å². The molecule has 0 spiro atoms. The fourth-order valence-electron chi connectivity index (χ4n) is 2.38. The van der Waals surface area contributed by atoms with Crippen LogP contribution in [0.15, 0.2) is 24.5 Å². The Morgan fingerprint density at radius 1 is 1.47 bits per heavy atom. The van der Waals surface area contributed by atoms with Gasteiger partial charge in [0.15, 0.2) is 0 Å². The molecular formula is C14H14FN3O. The Morgan fingerprint density at radius 2 is 2.32 bits per heavy atom. The molecule has 0 saturated heterocycles. The molecule has 0 saturated carbocycles. The molecule has 1 aliphatic heterocycles. The second-order valence-corrected chi connectivity index (χ2v) is 4.76. The van der Waals surface area contributed by atoms with Gasteiger partial charge in [-0.25, -0.2) is 9.37 Å². The first-order chi connectivity index (χ1) is 9.15. The molecule has 0 fully saturated rings. The van der Waals surface area contributed by atoms with E-state index in [9.17, 15) is 9.18 Å². The maximum atomic E-state index is 13.3. The van der Waals surface area contributed by atoms with Crippen LogP contribution >= 0.6 is 0 Å². The zero-order valence-electron chi connectivity index (χ0n) is 10.6. The average molecular weight is 259 g/mol. The monoisotopic (exact) mass is 259 g/mol. The number of imidazole rings is 1. The van der Waals surface area contributed by atoms with E-state index in [1.165, 1.54) is 12.1 Å². The van der Waals surface area contributed by atoms with Crippen LogP contribution in [0.25, 0.3) is 0 Å². The lowest BCUT2D eigenvalue weighted by Crippen LogP contribution is -2.36. The fraction of sp³-hybridized carbons (Fsp3) is 0.286. The van der Waals surface area contributed by atoms with Gasteiger partial charge in [-0.05, 0) is 24.6 Å². The first kappa shape index (κ1) is 11.9. The summed E-state index contributed by atoms with van der Waals surface area (Å²) >= 11 is 0. The molecule has 1 aromatic carbocycles. The van der Waals surface area contributed by atoms with Crippen LogP contribution in [0, 0.1) is 12.7 Å². The molecule has 2 aromatic rings. The highest BCUT2D eigenvalue weighted by Gasteiger charge is 2.24. The van der Waals surface area contributed by atoms with Crippen molar-refractivity contribution in [2.45, 2.75) is 19.9 Å². The Bertz CT molecular complexity index is 635. The molecule has 0 radical (unpaired) electrons. The van der Waals surface area contributed by atoms with E-state index in [1.807, 2.05) is 6.92 Å². The number of H-pyrrole nitrogens is 1. The van der Waals surface area contributed by atoms with Gasteiger partial charge < -0.3 is 9.88 Å². The molecule has 0 unspecified atom stereocenters. The summed E-state index contributed by atoms with van der Waals surface area (Å²) in [5.74, 6) is -0.509. The number of nitrogens with zero attached hydrogens (tertiary/aromatic N) is 2. The lowest BCUT2D eigenvalue weighted by atomic mass is 10.1. The van der Waals surface area contributed by atoms with Gasteiger partial charge in [0.25, 0.3) is 5.91 Å². The lowest BCUT2D eigenvalue weighted by Gasteiger charge is -2.26. The van der Waals surface area contributed by atoms with E-state index < -0.39 is 0 Å². The highest BCUT2D eigenvalue weighted by molar-refractivity contribution is 5.95. The number of amides is 1. The molecular weight excluding hydrogens is 245 g/mol. The molecule has 1 amide bonds. The summed E-state index contributed by atoms with van der Waals surface area (Å²) in [6, 6.07) is 4.31. The SMILES string of the molecule is Cc1ccc(F)cc1C(=O)N1CCc2nc[nH]c2C1. The van der Waals surface area contributed by atoms with E-state index in [0.29, 0.717) is 18.7 Å². The number of nitrogens with one attached hydrogen (secondary N) is 1. The molecule has 98 valence electrons. The van der Waals surface area contributed by atoms with Crippen LogP contribution in [0.4, 0.5) is 4.39 Å². The van der Waals surface area contributed by atoms with Gasteiger partial charge in [-0.2, -0.15) is 0 Å². The number of aromatic amines is 1. The van der Waals surface area contributed by atoms with Crippen molar-refractivity contribution in [3.8, 4) is 0 Å². The summed E-state index contributed by atoms with van der Waals surface area (Å²) in [7, 11) is 0. The molecule has 0 atom stereocenters. The van der Waals surface area contributed by atoms with Crippen molar-refractivity contribution in [1.82, 2.24) is 14.9 Å². The summed E-state index contributed by atoms with van der Waals surface area (Å²) in [6.07, 6.45) is 2.38. The Balaban J connectivity index is 1.87. The minimum atomic E-state index is -0.381. The van der Waals surface area contributed by atoms with Crippen molar-refractivity contribution in [3.63, 3.8) is 0 Å². The lowest BCUT2D eigenvalue weighted by molar-refractivity contribution is 0.0730. The number of carbonyl (C=O) groups is 1. The highest BCUT2D eigenvalue weighted by Crippen LogP contribution is 2.19. The molecule has 5 heteroatoms. The number of benzene rings is 1. The molecule has 4 nitrogen and oxygen atoms in total. The third-order valence-electron chi connectivity index (χ3n) is 3.49. The molecule has 3 rings (SSSR count). The summed E-state index contributed by atoms with van der Waals surface area (Å²) in [4.78, 5) is 21.4. The topological polar surface area (TPSA) is 49.0 Å². The predicted octanol–water partition coefficient (Wildman–Crippen LogP) is 2.06. The van der Waals surface area contributed by atoms with Gasteiger partial charge in [0, 0.05) is 18.5 Å². The second kappa shape index (κ2) is 4.50. The van der Waals surface area contributed by atoms with E-state index in [4.69, 9.17) is 0 Å². The van der Waals surface area contributed by atoms with Crippen molar-refractivity contribution < 1.29 is 9.18 Å². The van der Waals surface area contributed by atoms with Gasteiger partial charge in [-0.1, -0.05) is 6.07 Å². The first-order valence-corrected chi connectivity index (χ1v) is 6.21. The Labute approximate surface area is 110 Å². The molecule has 19 heavy (non-hydrogen) atoms. The predicted molar refractivity (Wildman–Crippen MR) is 68.2 cm³/mol. The van der Waals surface area contributed by atoms with Crippen molar-refractivity contribution in [3.05, 3.63) is 52.9 Å². The minimum absolute atomic E-state index is 0.128. The Hall–Kier alpha value is -2.17. The molecule has 1 N–H and O–H groups in total. The zero-order chi connectivity index (χ0) is 13.4. The third kappa shape index (κ3) is 2.12. The number of carbonyl (C=O) groups excluding carboxylic acids is 1. The van der Waals surface area contributed by atoms with Gasteiger partial charge in [0.2, 0.25) is 0 Å². The second-order valence-electron chi connectivity index (χ2n) is 4.76. The van der Waals surface area contributed by atoms with Crippen LogP contribution in [0.2, 0.25) is 0 Å². The summed E-state index contributed by atoms with van der Waals surface area (Å²) in [6.45, 7) is 2.94. The minimum Gasteiger partial charge on any atom is -0.347 e. The molecule has 1 aliphatic rings. The molecule has 1 aromatic heterocycles. The van der Waals surface area contributed by atoms with Gasteiger partial charge in [-0.3, -0.25) is 4.79 Å². The highest BCUT2D eigenvalue weighted by atomic mass is 19.1. The number of fused-ring (bicyclic) bond motifs is 1. The maximum absolute atomic E-state index is 13.3. The van der Waals surface area contributed by atoms with Crippen LogP contribution in [0.3, 0.4) is 0 Å². The number of aryl methyl sites for hydroxylation is 1. The molecule has 0 bridgehead atoms. The number of halogens is 1. The van der Waals surface area contributed by atoms with E-state index in [1.54, 1.807) is 17.3 Å². The van der Waals surface area contributed by atoms with E-state index >= 15 is 0 Å². The largest absolute Gasteiger partial charge is 0.347 e. The first-order valence-electron chi connectivity index (χ1n) is 6.21. The smallest absolute Gasteiger partial charge is 0.254 e. The van der Waals surface area contributed by atoms with Gasteiger partial charge in [-0.15, -0.1) is 0 Å². The van der Waals surface area contributed by atoms with Crippen LogP contribution in [-0.4, -0.2) is 27.3 Å². The number of aromatic nitrogens is 2. The summed E-state index contributed by atoms with van der Waals surface area (Å²) in [5, 5.41) is 0. The van der Waals surface area contributed by atoms with E-state index in [2.05, 4.69) is 9.97 Å². The molecule has 0 aliphatic carbocycles.